The average molecular weight is 260 g/mol. The van der Waals surface area contributed by atoms with Crippen LogP contribution in [0, 0.1) is 10.1 Å². The van der Waals surface area contributed by atoms with Gasteiger partial charge in [0, 0.05) is 0 Å². The Morgan fingerprint density at radius 3 is 2.64 bits per heavy atom. The van der Waals surface area contributed by atoms with Crippen LogP contribution in [0.25, 0.3) is 0 Å². The number of carbonyl (C=O) groups is 1. The van der Waals surface area contributed by atoms with Crippen LogP contribution in [0.15, 0.2) is 18.2 Å². The molecule has 0 fully saturated rings. The van der Waals surface area contributed by atoms with Crippen molar-refractivity contribution in [2.24, 2.45) is 0 Å². The molecule has 1 aromatic carbocycles. The summed E-state index contributed by atoms with van der Waals surface area (Å²) in [5.41, 5.74) is -0.0749. The molecule has 5 nitrogen and oxygen atoms in total. The number of carboxylic acid groups (broad SMARTS) is 1. The van der Waals surface area contributed by atoms with Gasteiger partial charge < -0.3 is 0 Å². The third-order valence-corrected chi connectivity index (χ3v) is 3.38. The predicted molar refractivity (Wildman–Crippen MR) is 51.3 cm³/mol. The van der Waals surface area contributed by atoms with Crippen molar-refractivity contribution in [3.63, 3.8) is 0 Å². The van der Waals surface area contributed by atoms with Gasteiger partial charge in [-0.15, -0.1) is 0 Å². The summed E-state index contributed by atoms with van der Waals surface area (Å²) in [6.45, 7) is 0. The fourth-order valence-corrected chi connectivity index (χ4v) is 2.58. The molecule has 0 saturated heterocycles. The van der Waals surface area contributed by atoms with Crippen LogP contribution >= 0.6 is 0 Å². The van der Waals surface area contributed by atoms with E-state index >= 15 is 0 Å². The second-order valence-electron chi connectivity index (χ2n) is 2.42. The zero-order valence-corrected chi connectivity index (χ0v) is 8.97. The van der Waals surface area contributed by atoms with Crippen molar-refractivity contribution in [3.05, 3.63) is 33.9 Å². The number of aromatic carboxylic acids is 1. The van der Waals surface area contributed by atoms with Gasteiger partial charge in [-0.1, -0.05) is 0 Å². The van der Waals surface area contributed by atoms with E-state index in [0.717, 1.165) is 0 Å². The molecule has 0 aromatic heterocycles. The molecule has 0 spiro atoms. The second-order valence-corrected chi connectivity index (χ2v) is 4.13. The van der Waals surface area contributed by atoms with Gasteiger partial charge in [-0.05, 0) is 0 Å². The van der Waals surface area contributed by atoms with Crippen molar-refractivity contribution in [2.45, 2.75) is 5.82 Å². The third kappa shape index (κ3) is 1.92. The maximum atomic E-state index is 10.7. The first-order valence-electron chi connectivity index (χ1n) is 3.62. The number of hydrogen-bond acceptors (Lipinski definition) is 3. The van der Waals surface area contributed by atoms with Crippen molar-refractivity contribution in [2.75, 3.05) is 0 Å². The molecule has 0 unspecified atom stereocenters. The molecular formula is C8H7NO4Se. The van der Waals surface area contributed by atoms with Crippen LogP contribution in [0.3, 0.4) is 0 Å². The first kappa shape index (κ1) is 10.7. The Labute approximate surface area is 86.1 Å². The molecule has 0 aliphatic rings. The zero-order chi connectivity index (χ0) is 10.7. The molecule has 0 atom stereocenters. The first-order chi connectivity index (χ1) is 6.57. The molecule has 0 aliphatic carbocycles. The normalized spacial score (nSPS) is 9.79. The number of carboxylic acids is 1. The average Bonchev–Trinajstić information content (AvgIpc) is 2.16. The van der Waals surface area contributed by atoms with Crippen molar-refractivity contribution in [3.8, 4) is 0 Å². The molecule has 74 valence electrons. The molecule has 1 N–H and O–H groups in total. The number of nitro groups is 1. The minimum absolute atomic E-state index is 0.0294. The summed E-state index contributed by atoms with van der Waals surface area (Å²) in [5.74, 6) is 0.634. The SMILES string of the molecule is C[Se]c1c(C(=O)O)cccc1[N+](=O)[O-]. The van der Waals surface area contributed by atoms with Crippen molar-refractivity contribution in [1.29, 1.82) is 0 Å². The van der Waals surface area contributed by atoms with Crippen molar-refractivity contribution < 1.29 is 14.8 Å². The minimum atomic E-state index is -1.12. The monoisotopic (exact) mass is 261 g/mol. The van der Waals surface area contributed by atoms with E-state index in [9.17, 15) is 14.9 Å². The molecular weight excluding hydrogens is 253 g/mol. The van der Waals surface area contributed by atoms with Gasteiger partial charge >= 0.3 is 85.6 Å². The van der Waals surface area contributed by atoms with Crippen LogP contribution in [0.1, 0.15) is 10.4 Å². The van der Waals surface area contributed by atoms with E-state index in [-0.39, 0.29) is 26.2 Å². The first-order valence-corrected chi connectivity index (χ1v) is 6.19. The molecule has 0 amide bonds. The topological polar surface area (TPSA) is 80.4 Å². The van der Waals surface area contributed by atoms with Gasteiger partial charge in [0.05, 0.1) is 0 Å². The summed E-state index contributed by atoms with van der Waals surface area (Å²) in [7, 11) is 0. The molecule has 0 saturated carbocycles. The molecule has 14 heavy (non-hydrogen) atoms. The van der Waals surface area contributed by atoms with E-state index in [0.29, 0.717) is 4.46 Å². The number of benzene rings is 1. The van der Waals surface area contributed by atoms with Crippen LogP contribution in [-0.2, 0) is 0 Å². The summed E-state index contributed by atoms with van der Waals surface area (Å²) >= 11 is -0.211. The maximum absolute atomic E-state index is 10.7. The summed E-state index contributed by atoms with van der Waals surface area (Å²) < 4.78 is 0.331. The Hall–Kier alpha value is -1.39. The molecule has 0 bridgehead atoms. The zero-order valence-electron chi connectivity index (χ0n) is 7.26. The van der Waals surface area contributed by atoms with E-state index in [2.05, 4.69) is 0 Å². The van der Waals surface area contributed by atoms with E-state index in [1.165, 1.54) is 18.2 Å². The number of rotatable bonds is 3. The number of hydrogen-bond donors (Lipinski definition) is 1. The molecule has 1 rings (SSSR count). The second kappa shape index (κ2) is 4.21. The van der Waals surface area contributed by atoms with Crippen LogP contribution in [0.5, 0.6) is 0 Å². The summed E-state index contributed by atoms with van der Waals surface area (Å²) in [4.78, 5) is 20.8. The Bertz CT molecular complexity index is 359. The Morgan fingerprint density at radius 1 is 1.57 bits per heavy atom. The quantitative estimate of drug-likeness (QED) is 0.492. The molecule has 1 aromatic rings. The summed E-state index contributed by atoms with van der Waals surface area (Å²) in [6, 6.07) is 4.10. The van der Waals surface area contributed by atoms with Crippen LogP contribution in [0.4, 0.5) is 5.69 Å². The van der Waals surface area contributed by atoms with Gasteiger partial charge in [-0.2, -0.15) is 0 Å². The number of nitro benzene ring substituents is 1. The van der Waals surface area contributed by atoms with Gasteiger partial charge in [-0.25, -0.2) is 0 Å². The fourth-order valence-electron chi connectivity index (χ4n) is 1.05. The van der Waals surface area contributed by atoms with Crippen molar-refractivity contribution >= 4 is 31.1 Å². The predicted octanol–water partition coefficient (Wildman–Crippen LogP) is 0.671. The Balaban J connectivity index is 3.39. The Kier molecular flexibility index (Phi) is 3.22. The fraction of sp³-hybridized carbons (Fsp3) is 0.125. The molecule has 0 heterocycles. The summed E-state index contributed by atoms with van der Waals surface area (Å²) in [5, 5.41) is 19.4. The standard InChI is InChI=1S/C8H7NO4Se/c1-14-7-5(8(10)11)3-2-4-6(7)9(12)13/h2-4H,1H3,(H,10,11). The van der Waals surface area contributed by atoms with Gasteiger partial charge in [0.1, 0.15) is 0 Å². The summed E-state index contributed by atoms with van der Waals surface area (Å²) in [6.07, 6.45) is 0. The Morgan fingerprint density at radius 2 is 2.21 bits per heavy atom. The van der Waals surface area contributed by atoms with Crippen molar-refractivity contribution in [1.82, 2.24) is 0 Å². The number of nitrogens with zero attached hydrogens (tertiary/aromatic N) is 1. The van der Waals surface area contributed by atoms with Gasteiger partial charge in [0.15, 0.2) is 0 Å². The molecule has 0 aliphatic heterocycles. The molecule has 6 heteroatoms. The van der Waals surface area contributed by atoms with E-state index in [1.807, 2.05) is 0 Å². The van der Waals surface area contributed by atoms with Gasteiger partial charge in [0.25, 0.3) is 0 Å². The third-order valence-electron chi connectivity index (χ3n) is 1.63. The van der Waals surface area contributed by atoms with E-state index in [4.69, 9.17) is 5.11 Å². The van der Waals surface area contributed by atoms with E-state index < -0.39 is 10.9 Å². The van der Waals surface area contributed by atoms with Gasteiger partial charge in [0.2, 0.25) is 0 Å². The van der Waals surface area contributed by atoms with Gasteiger partial charge in [-0.3, -0.25) is 0 Å². The molecule has 0 radical (unpaired) electrons. The van der Waals surface area contributed by atoms with Crippen LogP contribution < -0.4 is 4.46 Å². The van der Waals surface area contributed by atoms with Crippen LogP contribution in [-0.4, -0.2) is 31.0 Å². The van der Waals surface area contributed by atoms with Crippen LogP contribution in [0.2, 0.25) is 5.82 Å². The van der Waals surface area contributed by atoms with E-state index in [1.54, 1.807) is 5.82 Å².